The van der Waals surface area contributed by atoms with Crippen molar-refractivity contribution in [2.24, 2.45) is 5.73 Å². The molecule has 0 aromatic heterocycles. The van der Waals surface area contributed by atoms with Crippen LogP contribution in [0.3, 0.4) is 0 Å². The second-order valence-electron chi connectivity index (χ2n) is 7.21. The van der Waals surface area contributed by atoms with Crippen molar-refractivity contribution in [2.75, 3.05) is 26.7 Å². The van der Waals surface area contributed by atoms with Crippen LogP contribution >= 0.6 is 12.4 Å². The van der Waals surface area contributed by atoms with E-state index in [-0.39, 0.29) is 42.5 Å². The highest BCUT2D eigenvalue weighted by molar-refractivity contribution is 5.85. The monoisotopic (exact) mass is 411 g/mol. The molecule has 2 aliphatic heterocycles. The molecule has 1 aromatic rings. The topological polar surface area (TPSA) is 93.9 Å². The highest BCUT2D eigenvalue weighted by Gasteiger charge is 2.32. The summed E-state index contributed by atoms with van der Waals surface area (Å²) in [4.78, 5) is 26.8. The number of carbonyl (C=O) groups is 2. The van der Waals surface area contributed by atoms with Gasteiger partial charge in [0.1, 0.15) is 11.9 Å². The fourth-order valence-electron chi connectivity index (χ4n) is 3.76. The molecule has 0 saturated carbocycles. The molecule has 0 spiro atoms. The minimum atomic E-state index is -0.385. The molecule has 8 heteroatoms. The summed E-state index contributed by atoms with van der Waals surface area (Å²) < 4.78 is 11.0. The minimum absolute atomic E-state index is 0. The maximum Gasteiger partial charge on any atom is 0.249 e. The Morgan fingerprint density at radius 3 is 2.57 bits per heavy atom. The number of para-hydroxylation sites is 1. The van der Waals surface area contributed by atoms with Crippen molar-refractivity contribution in [3.8, 4) is 5.75 Å². The third-order valence-electron chi connectivity index (χ3n) is 5.39. The highest BCUT2D eigenvalue weighted by atomic mass is 35.5. The van der Waals surface area contributed by atoms with Gasteiger partial charge in [-0.1, -0.05) is 18.2 Å². The lowest BCUT2D eigenvalue weighted by atomic mass is 10.0. The van der Waals surface area contributed by atoms with E-state index in [4.69, 9.17) is 15.2 Å². The maximum atomic E-state index is 12.6. The van der Waals surface area contributed by atoms with Crippen molar-refractivity contribution >= 4 is 24.2 Å². The van der Waals surface area contributed by atoms with Gasteiger partial charge in [0.25, 0.3) is 0 Å². The summed E-state index contributed by atoms with van der Waals surface area (Å²) >= 11 is 0. The smallest absolute Gasteiger partial charge is 0.249 e. The maximum absolute atomic E-state index is 12.6. The first-order chi connectivity index (χ1) is 13.1. The number of ether oxygens (including phenoxy) is 2. The molecule has 3 N–H and O–H groups in total. The van der Waals surface area contributed by atoms with E-state index in [9.17, 15) is 9.59 Å². The van der Waals surface area contributed by atoms with Crippen LogP contribution in [-0.4, -0.2) is 61.7 Å². The number of amides is 2. The number of benzene rings is 1. The quantitative estimate of drug-likeness (QED) is 0.735. The Labute approximate surface area is 172 Å². The zero-order valence-corrected chi connectivity index (χ0v) is 17.1. The van der Waals surface area contributed by atoms with E-state index in [1.807, 2.05) is 29.2 Å². The first kappa shape index (κ1) is 22.5. The number of hydrogen-bond donors (Lipinski definition) is 2. The molecule has 0 bridgehead atoms. The number of nitrogens with two attached hydrogens (primary N) is 1. The fourth-order valence-corrected chi connectivity index (χ4v) is 3.76. The predicted molar refractivity (Wildman–Crippen MR) is 109 cm³/mol. The molecule has 2 fully saturated rings. The lowest BCUT2D eigenvalue weighted by Crippen LogP contribution is -2.49. The molecule has 2 amide bonds. The van der Waals surface area contributed by atoms with Gasteiger partial charge >= 0.3 is 0 Å². The van der Waals surface area contributed by atoms with Crippen LogP contribution < -0.4 is 15.8 Å². The Morgan fingerprint density at radius 1 is 1.21 bits per heavy atom. The van der Waals surface area contributed by atoms with E-state index in [1.165, 1.54) is 0 Å². The number of likely N-dealkylation sites (tertiary alicyclic amines) is 1. The molecule has 156 valence electrons. The van der Waals surface area contributed by atoms with Crippen molar-refractivity contribution in [1.82, 2.24) is 10.2 Å². The van der Waals surface area contributed by atoms with Crippen LogP contribution in [0.4, 0.5) is 0 Å². The molecular weight excluding hydrogens is 382 g/mol. The van der Waals surface area contributed by atoms with Crippen molar-refractivity contribution in [2.45, 2.75) is 50.4 Å². The fraction of sp³-hybridized carbons (Fsp3) is 0.600. The number of hydrogen-bond acceptors (Lipinski definition) is 5. The highest BCUT2D eigenvalue weighted by Crippen LogP contribution is 2.21. The number of halogens is 1. The Hall–Kier alpha value is -1.83. The lowest BCUT2D eigenvalue weighted by molar-refractivity contribution is -0.133. The van der Waals surface area contributed by atoms with Gasteiger partial charge in [-0.2, -0.15) is 0 Å². The van der Waals surface area contributed by atoms with Gasteiger partial charge in [0.05, 0.1) is 19.6 Å². The number of methoxy groups -OCH3 is 1. The van der Waals surface area contributed by atoms with E-state index >= 15 is 0 Å². The first-order valence-corrected chi connectivity index (χ1v) is 9.66. The summed E-state index contributed by atoms with van der Waals surface area (Å²) in [5.41, 5.74) is 6.49. The molecule has 2 aliphatic rings. The van der Waals surface area contributed by atoms with Gasteiger partial charge < -0.3 is 25.4 Å². The van der Waals surface area contributed by atoms with Crippen molar-refractivity contribution in [1.29, 1.82) is 0 Å². The molecule has 0 radical (unpaired) electrons. The van der Waals surface area contributed by atoms with Crippen molar-refractivity contribution in [3.63, 3.8) is 0 Å². The third kappa shape index (κ3) is 5.59. The number of carbonyl (C=O) groups excluding carboxylic acids is 2. The van der Waals surface area contributed by atoms with Gasteiger partial charge in [-0.25, -0.2) is 0 Å². The summed E-state index contributed by atoms with van der Waals surface area (Å²) in [5, 5.41) is 3.07. The Kier molecular flexibility index (Phi) is 8.54. The summed E-state index contributed by atoms with van der Waals surface area (Å²) in [5.74, 6) is 0.777. The van der Waals surface area contributed by atoms with E-state index in [2.05, 4.69) is 5.32 Å². The normalized spacial score (nSPS) is 22.4. The molecule has 0 aliphatic carbocycles. The average molecular weight is 412 g/mol. The summed E-state index contributed by atoms with van der Waals surface area (Å²) in [6, 6.07) is 7.68. The van der Waals surface area contributed by atoms with Crippen LogP contribution in [0.5, 0.6) is 5.75 Å². The number of rotatable bonds is 6. The molecule has 1 aromatic carbocycles. The Bertz CT molecular complexity index is 665. The van der Waals surface area contributed by atoms with Gasteiger partial charge in [-0.3, -0.25) is 9.59 Å². The van der Waals surface area contributed by atoms with Crippen LogP contribution in [0.1, 0.15) is 31.2 Å². The van der Waals surface area contributed by atoms with Crippen LogP contribution in [0.2, 0.25) is 0 Å². The van der Waals surface area contributed by atoms with Crippen LogP contribution in [0.25, 0.3) is 0 Å². The standard InChI is InChI=1S/C20H29N3O4.ClH/c1-26-17-5-3-2-4-14(17)12-19(24)23-10-8-15(9-11-23)22-20(25)18-7-6-16(13-21)27-18;/h2-5,15-16,18H,6-13,21H2,1H3,(H,22,25);1H/t16-,18+;/m1./s1. The first-order valence-electron chi connectivity index (χ1n) is 9.66. The van der Waals surface area contributed by atoms with Gasteiger partial charge in [-0.15, -0.1) is 12.4 Å². The molecule has 2 atom stereocenters. The van der Waals surface area contributed by atoms with Crippen LogP contribution in [-0.2, 0) is 20.7 Å². The van der Waals surface area contributed by atoms with Crippen molar-refractivity contribution in [3.05, 3.63) is 29.8 Å². The molecule has 2 saturated heterocycles. The molecule has 28 heavy (non-hydrogen) atoms. The molecule has 2 heterocycles. The Morgan fingerprint density at radius 2 is 1.93 bits per heavy atom. The zero-order chi connectivity index (χ0) is 19.2. The predicted octanol–water partition coefficient (Wildman–Crippen LogP) is 1.27. The molecule has 7 nitrogen and oxygen atoms in total. The van der Waals surface area contributed by atoms with E-state index in [0.717, 1.165) is 37.0 Å². The van der Waals surface area contributed by atoms with Crippen LogP contribution in [0, 0.1) is 0 Å². The van der Waals surface area contributed by atoms with Gasteiger partial charge in [0, 0.05) is 31.2 Å². The summed E-state index contributed by atoms with van der Waals surface area (Å²) in [7, 11) is 1.61. The van der Waals surface area contributed by atoms with E-state index in [0.29, 0.717) is 26.1 Å². The third-order valence-corrected chi connectivity index (χ3v) is 5.39. The second kappa shape index (κ2) is 10.6. The Balaban J connectivity index is 0.00000280. The lowest BCUT2D eigenvalue weighted by Gasteiger charge is -2.33. The number of nitrogens with zero attached hydrogens (tertiary/aromatic N) is 1. The second-order valence-corrected chi connectivity index (χ2v) is 7.21. The summed E-state index contributed by atoms with van der Waals surface area (Å²) in [6.07, 6.45) is 3.03. The van der Waals surface area contributed by atoms with E-state index in [1.54, 1.807) is 7.11 Å². The van der Waals surface area contributed by atoms with Gasteiger partial charge in [-0.05, 0) is 31.7 Å². The molecular formula is C20H30ClN3O4. The van der Waals surface area contributed by atoms with Gasteiger partial charge in [0.15, 0.2) is 0 Å². The largest absolute Gasteiger partial charge is 0.496 e. The zero-order valence-electron chi connectivity index (χ0n) is 16.3. The minimum Gasteiger partial charge on any atom is -0.496 e. The van der Waals surface area contributed by atoms with Gasteiger partial charge in [0.2, 0.25) is 11.8 Å². The van der Waals surface area contributed by atoms with Crippen LogP contribution in [0.15, 0.2) is 24.3 Å². The molecule has 0 unspecified atom stereocenters. The molecule has 3 rings (SSSR count). The van der Waals surface area contributed by atoms with Crippen molar-refractivity contribution < 1.29 is 19.1 Å². The average Bonchev–Trinajstić information content (AvgIpc) is 3.18. The SMILES string of the molecule is COc1ccccc1CC(=O)N1CCC(NC(=O)[C@@H]2CC[C@H](CN)O2)CC1.Cl. The number of piperidine rings is 1. The van der Waals surface area contributed by atoms with E-state index < -0.39 is 0 Å². The number of nitrogens with one attached hydrogen (secondary N) is 1. The summed E-state index contributed by atoms with van der Waals surface area (Å²) in [6.45, 7) is 1.75.